The largest absolute Gasteiger partial charge is 0.493 e. The van der Waals surface area contributed by atoms with Crippen molar-refractivity contribution in [3.8, 4) is 28.8 Å². The molecule has 0 radical (unpaired) electrons. The summed E-state index contributed by atoms with van der Waals surface area (Å²) in [7, 11) is 3.12. The van der Waals surface area contributed by atoms with Gasteiger partial charge in [-0.3, -0.25) is 0 Å². The predicted molar refractivity (Wildman–Crippen MR) is 121 cm³/mol. The van der Waals surface area contributed by atoms with Crippen LogP contribution in [-0.2, 0) is 0 Å². The molecular formula is C21H24ClN5O2S. The Hall–Kier alpha value is -2.47. The van der Waals surface area contributed by atoms with Gasteiger partial charge in [-0.1, -0.05) is 37.2 Å². The van der Waals surface area contributed by atoms with Crippen molar-refractivity contribution in [1.82, 2.24) is 19.9 Å². The van der Waals surface area contributed by atoms with Crippen LogP contribution >= 0.6 is 23.4 Å². The molecule has 7 nitrogen and oxygen atoms in total. The summed E-state index contributed by atoms with van der Waals surface area (Å²) in [6, 6.07) is 5.67. The molecule has 0 spiro atoms. The summed E-state index contributed by atoms with van der Waals surface area (Å²) in [5.41, 5.74) is 2.32. The van der Waals surface area contributed by atoms with Crippen LogP contribution < -0.4 is 9.47 Å². The summed E-state index contributed by atoms with van der Waals surface area (Å²) < 4.78 is 10.8. The number of thioether (sulfide) groups is 1. The van der Waals surface area contributed by atoms with Crippen molar-refractivity contribution >= 4 is 34.4 Å². The Kier molecular flexibility index (Phi) is 7.43. The fraction of sp³-hybridized carbons (Fsp3) is 0.381. The Morgan fingerprint density at radius 2 is 1.87 bits per heavy atom. The predicted octanol–water partition coefficient (Wildman–Crippen LogP) is 4.60. The smallest absolute Gasteiger partial charge is 0.190 e. The third-order valence-electron chi connectivity index (χ3n) is 4.89. The minimum Gasteiger partial charge on any atom is -0.493 e. The number of H-pyrrole nitrogens is 1. The Bertz CT molecular complexity index is 1080. The minimum atomic E-state index is 0.455. The first-order valence-electron chi connectivity index (χ1n) is 9.62. The molecule has 0 bridgehead atoms. The summed E-state index contributed by atoms with van der Waals surface area (Å²) in [5, 5.41) is 11.3. The molecule has 9 heteroatoms. The molecule has 30 heavy (non-hydrogen) atoms. The number of halogens is 1. The molecule has 0 aliphatic heterocycles. The first-order valence-corrected chi connectivity index (χ1v) is 11.0. The summed E-state index contributed by atoms with van der Waals surface area (Å²) in [6.07, 6.45) is 1.64. The van der Waals surface area contributed by atoms with E-state index in [4.69, 9.17) is 26.1 Å². The van der Waals surface area contributed by atoms with E-state index in [0.717, 1.165) is 25.4 Å². The van der Waals surface area contributed by atoms with Crippen LogP contribution in [0.5, 0.6) is 11.5 Å². The number of aromatic amines is 1. The molecule has 0 saturated carbocycles. The fourth-order valence-electron chi connectivity index (χ4n) is 3.20. The highest BCUT2D eigenvalue weighted by Gasteiger charge is 2.20. The summed E-state index contributed by atoms with van der Waals surface area (Å²) in [4.78, 5) is 14.8. The van der Waals surface area contributed by atoms with Gasteiger partial charge in [0, 0.05) is 30.1 Å². The van der Waals surface area contributed by atoms with Crippen LogP contribution in [0.25, 0.3) is 22.3 Å². The van der Waals surface area contributed by atoms with Crippen LogP contribution in [0.1, 0.15) is 19.4 Å². The van der Waals surface area contributed by atoms with Crippen molar-refractivity contribution in [3.05, 3.63) is 28.9 Å². The van der Waals surface area contributed by atoms with Gasteiger partial charge in [0.1, 0.15) is 11.7 Å². The first kappa shape index (κ1) is 22.2. The lowest BCUT2D eigenvalue weighted by Crippen LogP contribution is -2.25. The maximum Gasteiger partial charge on any atom is 0.190 e. The molecule has 0 unspecified atom stereocenters. The number of aromatic nitrogens is 3. The van der Waals surface area contributed by atoms with Crippen molar-refractivity contribution in [2.45, 2.75) is 19.0 Å². The van der Waals surface area contributed by atoms with E-state index in [0.29, 0.717) is 49.5 Å². The van der Waals surface area contributed by atoms with Crippen molar-refractivity contribution in [3.63, 3.8) is 0 Å². The summed E-state index contributed by atoms with van der Waals surface area (Å²) in [5.74, 6) is 1.92. The van der Waals surface area contributed by atoms with Crippen LogP contribution in [0.3, 0.4) is 0 Å². The standard InChI is InChI=1S/C21H24ClN5O2S/c1-5-27(6-2)7-8-30-21-25-19(18-13(11-23)12-24-20(18)26-21)14-9-16(28-3)17(29-4)10-15(14)22/h9-10,12H,5-8H2,1-4H3,(H,24,25,26). The quantitative estimate of drug-likeness (QED) is 0.380. The van der Waals surface area contributed by atoms with Crippen molar-refractivity contribution < 1.29 is 9.47 Å². The average Bonchev–Trinajstić information content (AvgIpc) is 3.19. The van der Waals surface area contributed by atoms with Crippen LogP contribution in [0.15, 0.2) is 23.5 Å². The molecule has 0 atom stereocenters. The van der Waals surface area contributed by atoms with E-state index >= 15 is 0 Å². The highest BCUT2D eigenvalue weighted by molar-refractivity contribution is 7.99. The van der Waals surface area contributed by atoms with Gasteiger partial charge in [-0.05, 0) is 19.2 Å². The third-order valence-corrected chi connectivity index (χ3v) is 6.03. The number of methoxy groups -OCH3 is 2. The Morgan fingerprint density at radius 1 is 1.17 bits per heavy atom. The number of fused-ring (bicyclic) bond motifs is 1. The van der Waals surface area contributed by atoms with Gasteiger partial charge in [-0.15, -0.1) is 0 Å². The SMILES string of the molecule is CCN(CC)CCSc1nc(-c2cc(OC)c(OC)cc2Cl)c2c(C#N)c[nH]c2n1. The lowest BCUT2D eigenvalue weighted by atomic mass is 10.1. The monoisotopic (exact) mass is 445 g/mol. The normalized spacial score (nSPS) is 11.1. The Labute approximate surface area is 185 Å². The van der Waals surface area contributed by atoms with E-state index in [1.54, 1.807) is 44.3 Å². The van der Waals surface area contributed by atoms with Gasteiger partial charge >= 0.3 is 0 Å². The zero-order chi connectivity index (χ0) is 21.7. The second-order valence-electron chi connectivity index (χ2n) is 6.45. The molecule has 0 aliphatic rings. The Balaban J connectivity index is 2.09. The maximum absolute atomic E-state index is 9.56. The topological polar surface area (TPSA) is 87.1 Å². The average molecular weight is 446 g/mol. The van der Waals surface area contributed by atoms with Crippen LogP contribution in [0.2, 0.25) is 5.02 Å². The number of ether oxygens (including phenoxy) is 2. The van der Waals surface area contributed by atoms with Crippen molar-refractivity contribution in [2.24, 2.45) is 0 Å². The first-order chi connectivity index (χ1) is 14.6. The third kappa shape index (κ3) is 4.48. The minimum absolute atomic E-state index is 0.455. The van der Waals surface area contributed by atoms with Gasteiger partial charge in [0.15, 0.2) is 16.7 Å². The molecule has 3 rings (SSSR count). The molecule has 3 aromatic rings. The van der Waals surface area contributed by atoms with Crippen LogP contribution in [0.4, 0.5) is 0 Å². The van der Waals surface area contributed by atoms with Crippen molar-refractivity contribution in [1.29, 1.82) is 5.26 Å². The van der Waals surface area contributed by atoms with Gasteiger partial charge in [0.05, 0.1) is 35.9 Å². The van der Waals surface area contributed by atoms with Gasteiger partial charge < -0.3 is 19.4 Å². The van der Waals surface area contributed by atoms with Gasteiger partial charge in [0.2, 0.25) is 0 Å². The summed E-state index contributed by atoms with van der Waals surface area (Å²) in [6.45, 7) is 7.25. The molecular weight excluding hydrogens is 422 g/mol. The molecule has 0 amide bonds. The molecule has 158 valence electrons. The lowest BCUT2D eigenvalue weighted by Gasteiger charge is -2.17. The van der Waals surface area contributed by atoms with E-state index in [-0.39, 0.29) is 0 Å². The van der Waals surface area contributed by atoms with E-state index < -0.39 is 0 Å². The summed E-state index contributed by atoms with van der Waals surface area (Å²) >= 11 is 8.15. The molecule has 0 aliphatic carbocycles. The van der Waals surface area contributed by atoms with Crippen LogP contribution in [0, 0.1) is 11.3 Å². The number of benzene rings is 1. The number of nitrogens with one attached hydrogen (secondary N) is 1. The number of nitriles is 1. The Morgan fingerprint density at radius 3 is 2.50 bits per heavy atom. The second-order valence-corrected chi connectivity index (χ2v) is 7.92. The molecule has 2 aromatic heterocycles. The number of nitrogens with zero attached hydrogens (tertiary/aromatic N) is 4. The highest BCUT2D eigenvalue weighted by Crippen LogP contribution is 2.40. The van der Waals surface area contributed by atoms with Crippen LogP contribution in [-0.4, -0.2) is 59.5 Å². The fourth-order valence-corrected chi connectivity index (χ4v) is 4.29. The van der Waals surface area contributed by atoms with E-state index in [9.17, 15) is 5.26 Å². The molecule has 2 heterocycles. The van der Waals surface area contributed by atoms with E-state index in [1.165, 1.54) is 0 Å². The van der Waals surface area contributed by atoms with E-state index in [1.807, 2.05) is 0 Å². The highest BCUT2D eigenvalue weighted by atomic mass is 35.5. The molecule has 0 fully saturated rings. The zero-order valence-electron chi connectivity index (χ0n) is 17.5. The van der Waals surface area contributed by atoms with Gasteiger partial charge in [-0.2, -0.15) is 5.26 Å². The maximum atomic E-state index is 9.56. The van der Waals surface area contributed by atoms with Crippen molar-refractivity contribution in [2.75, 3.05) is 39.6 Å². The molecule has 0 saturated heterocycles. The second kappa shape index (κ2) is 10.0. The van der Waals surface area contributed by atoms with Gasteiger partial charge in [0.25, 0.3) is 0 Å². The number of hydrogen-bond acceptors (Lipinski definition) is 7. The zero-order valence-corrected chi connectivity index (χ0v) is 19.0. The molecule has 1 aromatic carbocycles. The molecule has 1 N–H and O–H groups in total. The van der Waals surface area contributed by atoms with Gasteiger partial charge in [-0.25, -0.2) is 9.97 Å². The number of hydrogen-bond donors (Lipinski definition) is 1. The number of rotatable bonds is 9. The lowest BCUT2D eigenvalue weighted by molar-refractivity contribution is 0.324. The van der Waals surface area contributed by atoms with E-state index in [2.05, 4.69) is 34.8 Å².